The Kier molecular flexibility index (Phi) is 2.91. The van der Waals surface area contributed by atoms with E-state index >= 15 is 0 Å². The molecule has 1 aliphatic heterocycles. The van der Waals surface area contributed by atoms with E-state index in [-0.39, 0.29) is 0 Å². The Balaban J connectivity index is 2.42. The van der Waals surface area contributed by atoms with E-state index < -0.39 is 37.0 Å². The number of hydrogen-bond donors (Lipinski definition) is 1. The summed E-state index contributed by atoms with van der Waals surface area (Å²) in [6.07, 6.45) is 3.10. The summed E-state index contributed by atoms with van der Waals surface area (Å²) in [7, 11) is 0. The van der Waals surface area contributed by atoms with E-state index in [9.17, 15) is 13.4 Å². The summed E-state index contributed by atoms with van der Waals surface area (Å²) in [5.41, 5.74) is 0. The molecule has 0 amide bonds. The summed E-state index contributed by atoms with van der Waals surface area (Å²) >= 11 is -3.38. The molecule has 3 atom stereocenters. The Morgan fingerprint density at radius 1 is 1.19 bits per heavy atom. The van der Waals surface area contributed by atoms with Crippen LogP contribution in [0.4, 0.5) is 0 Å². The van der Waals surface area contributed by atoms with Gasteiger partial charge in [0, 0.05) is 0 Å². The van der Waals surface area contributed by atoms with Gasteiger partial charge in [0.05, 0.1) is 0 Å². The Bertz CT molecular complexity index is 460. The summed E-state index contributed by atoms with van der Waals surface area (Å²) in [4.78, 5) is 21.4. The molecule has 2 heterocycles. The molecule has 0 radical (unpaired) electrons. The Morgan fingerprint density at radius 2 is 1.81 bits per heavy atom. The summed E-state index contributed by atoms with van der Waals surface area (Å²) in [5.74, 6) is -1.71. The topological polar surface area (TPSA) is 84.5 Å². The van der Waals surface area contributed by atoms with Crippen molar-refractivity contribution in [1.82, 2.24) is 0 Å². The number of aromatic nitrogens is 1. The number of carbonyl (C=O) groups is 2. The third-order valence-corrected chi connectivity index (χ3v) is 4.09. The zero-order valence-corrected chi connectivity index (χ0v) is 9.69. The molecule has 1 aliphatic rings. The van der Waals surface area contributed by atoms with E-state index in [2.05, 4.69) is 4.74 Å². The predicted octanol–water partition coefficient (Wildman–Crippen LogP) is -1.12. The average Bonchev–Trinajstić information content (AvgIpc) is 2.55. The van der Waals surface area contributed by atoms with E-state index in [0.717, 1.165) is 0 Å². The van der Waals surface area contributed by atoms with Crippen molar-refractivity contribution in [2.24, 2.45) is 0 Å². The Hall–Kier alpha value is -1.43. The van der Waals surface area contributed by atoms with Crippen LogP contribution < -0.4 is 4.57 Å². The van der Waals surface area contributed by atoms with Gasteiger partial charge in [0.15, 0.2) is 0 Å². The summed E-state index contributed by atoms with van der Waals surface area (Å²) in [6, 6.07) is 4.02. The van der Waals surface area contributed by atoms with Crippen molar-refractivity contribution in [3.05, 3.63) is 30.6 Å². The molecular weight excluding hydrogens is 281 g/mol. The van der Waals surface area contributed by atoms with Crippen molar-refractivity contribution in [2.45, 2.75) is 10.9 Å². The normalized spacial score (nSPS) is 26.6. The van der Waals surface area contributed by atoms with Crippen LogP contribution in [0.15, 0.2) is 30.6 Å². The number of cyclic esters (lactones) is 2. The number of ether oxygens (including phenoxy) is 1. The van der Waals surface area contributed by atoms with Crippen LogP contribution in [-0.2, 0) is 18.2 Å². The first-order valence-electron chi connectivity index (χ1n) is 4.42. The van der Waals surface area contributed by atoms with Crippen molar-refractivity contribution in [2.75, 3.05) is 0 Å². The van der Waals surface area contributed by atoms with Crippen LogP contribution in [0.5, 0.6) is 0 Å². The van der Waals surface area contributed by atoms with Crippen molar-refractivity contribution < 1.29 is 26.9 Å². The van der Waals surface area contributed by atoms with Gasteiger partial charge in [-0.15, -0.1) is 0 Å². The summed E-state index contributed by atoms with van der Waals surface area (Å²) < 4.78 is 25.9. The van der Waals surface area contributed by atoms with Gasteiger partial charge in [0.25, 0.3) is 0 Å². The molecule has 84 valence electrons. The first kappa shape index (κ1) is 11.1. The van der Waals surface area contributed by atoms with Crippen molar-refractivity contribution in [1.29, 1.82) is 0 Å². The molecule has 16 heavy (non-hydrogen) atoms. The molecule has 3 unspecified atom stereocenters. The van der Waals surface area contributed by atoms with Gasteiger partial charge in [0.1, 0.15) is 0 Å². The average molecular weight is 289 g/mol. The SMILES string of the molecule is O=C1OC(=O)C([Se](=O)O)C1[n+]1ccccc1. The number of nitrogens with zero attached hydrogens (tertiary/aromatic N) is 1. The van der Waals surface area contributed by atoms with E-state index in [4.69, 9.17) is 4.19 Å². The van der Waals surface area contributed by atoms with Gasteiger partial charge in [-0.05, 0) is 0 Å². The van der Waals surface area contributed by atoms with Gasteiger partial charge in [-0.25, -0.2) is 0 Å². The first-order chi connectivity index (χ1) is 7.61. The third kappa shape index (κ3) is 1.80. The molecule has 7 heteroatoms. The van der Waals surface area contributed by atoms with Crippen LogP contribution >= 0.6 is 0 Å². The maximum absolute atomic E-state index is 11.4. The molecule has 1 fully saturated rings. The van der Waals surface area contributed by atoms with Crippen LogP contribution in [0.1, 0.15) is 6.04 Å². The summed E-state index contributed by atoms with van der Waals surface area (Å²) in [6.45, 7) is 0. The quantitative estimate of drug-likeness (QED) is 0.323. The van der Waals surface area contributed by atoms with E-state index in [1.807, 2.05) is 0 Å². The fourth-order valence-corrected chi connectivity index (χ4v) is 2.98. The number of carbonyl (C=O) groups excluding carboxylic acids is 2. The number of rotatable bonds is 2. The molecule has 2 rings (SSSR count). The Labute approximate surface area is 94.9 Å². The van der Waals surface area contributed by atoms with Gasteiger partial charge in [-0.2, -0.15) is 0 Å². The molecule has 0 saturated carbocycles. The van der Waals surface area contributed by atoms with Crippen LogP contribution in [-0.4, -0.2) is 30.3 Å². The molecule has 0 spiro atoms. The summed E-state index contributed by atoms with van der Waals surface area (Å²) in [5, 5.41) is 0. The molecular formula is C9H8NO5Se+. The number of esters is 2. The van der Waals surface area contributed by atoms with Gasteiger partial charge in [-0.1, -0.05) is 0 Å². The molecule has 0 aliphatic carbocycles. The van der Waals surface area contributed by atoms with Crippen LogP contribution in [0.3, 0.4) is 0 Å². The van der Waals surface area contributed by atoms with Gasteiger partial charge < -0.3 is 0 Å². The van der Waals surface area contributed by atoms with E-state index in [1.54, 1.807) is 30.6 Å². The Morgan fingerprint density at radius 3 is 2.38 bits per heavy atom. The zero-order valence-electron chi connectivity index (χ0n) is 7.98. The molecule has 1 saturated heterocycles. The second-order valence-electron chi connectivity index (χ2n) is 3.20. The third-order valence-electron chi connectivity index (χ3n) is 2.24. The standard InChI is InChI=1S/C9H7NO5Se/c11-8-6(10-4-2-1-3-5-10)7(16(13)14)9(12)15-8/h1-7H/p+1. The monoisotopic (exact) mass is 290 g/mol. The molecule has 0 bridgehead atoms. The first-order valence-corrected chi connectivity index (χ1v) is 6.87. The second kappa shape index (κ2) is 4.21. The van der Waals surface area contributed by atoms with E-state index in [1.165, 1.54) is 4.57 Å². The van der Waals surface area contributed by atoms with Crippen molar-refractivity contribution in [3.63, 3.8) is 0 Å². The minimum absolute atomic E-state index is 0.787. The molecule has 1 N–H and O–H groups in total. The fourth-order valence-electron chi connectivity index (χ4n) is 1.54. The number of pyridine rings is 1. The predicted molar refractivity (Wildman–Crippen MR) is 49.2 cm³/mol. The van der Waals surface area contributed by atoms with Gasteiger partial charge >= 0.3 is 94.5 Å². The van der Waals surface area contributed by atoms with Gasteiger partial charge in [-0.3, -0.25) is 0 Å². The van der Waals surface area contributed by atoms with E-state index in [0.29, 0.717) is 0 Å². The maximum atomic E-state index is 11.4. The molecule has 6 nitrogen and oxygen atoms in total. The van der Waals surface area contributed by atoms with Gasteiger partial charge in [0.2, 0.25) is 0 Å². The number of hydrogen-bond acceptors (Lipinski definition) is 4. The minimum atomic E-state index is -3.38. The molecule has 0 aromatic carbocycles. The van der Waals surface area contributed by atoms with Crippen LogP contribution in [0, 0.1) is 0 Å². The van der Waals surface area contributed by atoms with Crippen LogP contribution in [0.25, 0.3) is 0 Å². The fraction of sp³-hybridized carbons (Fsp3) is 0.222. The second-order valence-corrected chi connectivity index (χ2v) is 5.43. The molecule has 1 aromatic rings. The van der Waals surface area contributed by atoms with Crippen LogP contribution in [0.2, 0.25) is 4.82 Å². The van der Waals surface area contributed by atoms with Crippen molar-refractivity contribution >= 4 is 26.1 Å². The zero-order chi connectivity index (χ0) is 11.7. The molecule has 1 aromatic heterocycles. The van der Waals surface area contributed by atoms with Crippen molar-refractivity contribution in [3.8, 4) is 0 Å².